The van der Waals surface area contributed by atoms with Gasteiger partial charge in [0.05, 0.1) is 11.0 Å². The van der Waals surface area contributed by atoms with Crippen molar-refractivity contribution >= 4 is 5.69 Å². The Kier molecular flexibility index (Phi) is 3.01. The van der Waals surface area contributed by atoms with Gasteiger partial charge >= 0.3 is 0 Å². The standard InChI is InChI=1S/C9H12N2O3/c1-6(2)14-9-4-7(3)8(5-10-9)11(12)13/h4-6H,1-3H3. The van der Waals surface area contributed by atoms with Gasteiger partial charge in [-0.15, -0.1) is 0 Å². The molecule has 0 saturated carbocycles. The van der Waals surface area contributed by atoms with E-state index in [1.807, 2.05) is 13.8 Å². The summed E-state index contributed by atoms with van der Waals surface area (Å²) in [5.41, 5.74) is 0.571. The van der Waals surface area contributed by atoms with Crippen LogP contribution in [0, 0.1) is 17.0 Å². The Balaban J connectivity index is 2.94. The molecule has 0 amide bonds. The Labute approximate surface area is 81.9 Å². The Morgan fingerprint density at radius 1 is 1.57 bits per heavy atom. The van der Waals surface area contributed by atoms with Gasteiger partial charge in [0.1, 0.15) is 6.20 Å². The van der Waals surface area contributed by atoms with Crippen molar-refractivity contribution in [2.45, 2.75) is 26.9 Å². The fraction of sp³-hybridized carbons (Fsp3) is 0.444. The quantitative estimate of drug-likeness (QED) is 0.548. The number of ether oxygens (including phenoxy) is 1. The molecule has 0 bridgehead atoms. The van der Waals surface area contributed by atoms with E-state index in [-0.39, 0.29) is 11.8 Å². The maximum atomic E-state index is 10.5. The predicted octanol–water partition coefficient (Wildman–Crippen LogP) is 2.09. The van der Waals surface area contributed by atoms with Crippen LogP contribution < -0.4 is 4.74 Å². The molecule has 0 N–H and O–H groups in total. The van der Waals surface area contributed by atoms with E-state index in [0.29, 0.717) is 11.4 Å². The summed E-state index contributed by atoms with van der Waals surface area (Å²) >= 11 is 0. The topological polar surface area (TPSA) is 65.3 Å². The van der Waals surface area contributed by atoms with Crippen LogP contribution in [0.2, 0.25) is 0 Å². The minimum atomic E-state index is -0.457. The van der Waals surface area contributed by atoms with E-state index in [2.05, 4.69) is 4.98 Å². The molecule has 1 rings (SSSR count). The largest absolute Gasteiger partial charge is 0.475 e. The van der Waals surface area contributed by atoms with Crippen molar-refractivity contribution in [2.24, 2.45) is 0 Å². The van der Waals surface area contributed by atoms with Gasteiger partial charge < -0.3 is 4.74 Å². The molecular weight excluding hydrogens is 184 g/mol. The highest BCUT2D eigenvalue weighted by molar-refractivity contribution is 5.39. The molecule has 5 nitrogen and oxygen atoms in total. The van der Waals surface area contributed by atoms with Crippen LogP contribution in [0.4, 0.5) is 5.69 Å². The Hall–Kier alpha value is -1.65. The lowest BCUT2D eigenvalue weighted by Crippen LogP contribution is -2.07. The minimum absolute atomic E-state index is 0.0149. The van der Waals surface area contributed by atoms with Crippen LogP contribution in [0.1, 0.15) is 19.4 Å². The highest BCUT2D eigenvalue weighted by atomic mass is 16.6. The van der Waals surface area contributed by atoms with Gasteiger partial charge in [0, 0.05) is 11.6 Å². The average Bonchev–Trinajstić information content (AvgIpc) is 2.01. The average molecular weight is 196 g/mol. The molecule has 0 spiro atoms. The smallest absolute Gasteiger partial charge is 0.290 e. The van der Waals surface area contributed by atoms with Gasteiger partial charge in [-0.05, 0) is 20.8 Å². The van der Waals surface area contributed by atoms with E-state index in [0.717, 1.165) is 0 Å². The van der Waals surface area contributed by atoms with Crippen LogP contribution in [0.5, 0.6) is 5.88 Å². The number of rotatable bonds is 3. The van der Waals surface area contributed by atoms with E-state index in [4.69, 9.17) is 4.74 Å². The molecule has 76 valence electrons. The zero-order valence-corrected chi connectivity index (χ0v) is 8.35. The van der Waals surface area contributed by atoms with Gasteiger partial charge in [0.2, 0.25) is 5.88 Å². The van der Waals surface area contributed by atoms with Crippen molar-refractivity contribution in [2.75, 3.05) is 0 Å². The summed E-state index contributed by atoms with van der Waals surface area (Å²) in [6.07, 6.45) is 1.23. The summed E-state index contributed by atoms with van der Waals surface area (Å²) < 4.78 is 5.30. The maximum absolute atomic E-state index is 10.5. The van der Waals surface area contributed by atoms with Gasteiger partial charge in [-0.2, -0.15) is 0 Å². The number of pyridine rings is 1. The summed E-state index contributed by atoms with van der Waals surface area (Å²) in [7, 11) is 0. The lowest BCUT2D eigenvalue weighted by atomic mass is 10.2. The van der Waals surface area contributed by atoms with Crippen LogP contribution in [-0.4, -0.2) is 16.0 Å². The SMILES string of the molecule is Cc1cc(OC(C)C)ncc1[N+](=O)[O-]. The van der Waals surface area contributed by atoms with E-state index >= 15 is 0 Å². The highest BCUT2D eigenvalue weighted by Crippen LogP contribution is 2.20. The van der Waals surface area contributed by atoms with Crippen LogP contribution in [-0.2, 0) is 0 Å². The molecule has 5 heteroatoms. The second-order valence-electron chi connectivity index (χ2n) is 3.23. The molecule has 0 fully saturated rings. The predicted molar refractivity (Wildman–Crippen MR) is 51.4 cm³/mol. The lowest BCUT2D eigenvalue weighted by Gasteiger charge is -2.08. The third-order valence-electron chi connectivity index (χ3n) is 1.61. The third kappa shape index (κ3) is 2.42. The van der Waals surface area contributed by atoms with Crippen molar-refractivity contribution in [3.63, 3.8) is 0 Å². The van der Waals surface area contributed by atoms with E-state index in [1.54, 1.807) is 13.0 Å². The summed E-state index contributed by atoms with van der Waals surface area (Å²) in [5.74, 6) is 0.420. The summed E-state index contributed by atoms with van der Waals surface area (Å²) in [4.78, 5) is 13.9. The number of hydrogen-bond acceptors (Lipinski definition) is 4. The van der Waals surface area contributed by atoms with Crippen LogP contribution in [0.15, 0.2) is 12.3 Å². The molecular formula is C9H12N2O3. The third-order valence-corrected chi connectivity index (χ3v) is 1.61. The van der Waals surface area contributed by atoms with Crippen molar-refractivity contribution < 1.29 is 9.66 Å². The van der Waals surface area contributed by atoms with Crippen LogP contribution in [0.3, 0.4) is 0 Å². The van der Waals surface area contributed by atoms with E-state index in [1.165, 1.54) is 6.20 Å². The maximum Gasteiger partial charge on any atom is 0.290 e. The first-order chi connectivity index (χ1) is 6.50. The van der Waals surface area contributed by atoms with Gasteiger partial charge in [-0.3, -0.25) is 10.1 Å². The number of nitrogens with zero attached hydrogens (tertiary/aromatic N) is 2. The van der Waals surface area contributed by atoms with Crippen LogP contribution >= 0.6 is 0 Å². The van der Waals surface area contributed by atoms with E-state index in [9.17, 15) is 10.1 Å². The van der Waals surface area contributed by atoms with Gasteiger partial charge in [-0.1, -0.05) is 0 Å². The molecule has 14 heavy (non-hydrogen) atoms. The fourth-order valence-electron chi connectivity index (χ4n) is 1.02. The van der Waals surface area contributed by atoms with Gasteiger partial charge in [0.15, 0.2) is 0 Å². The monoisotopic (exact) mass is 196 g/mol. The van der Waals surface area contributed by atoms with Crippen molar-refractivity contribution in [1.82, 2.24) is 4.98 Å². The van der Waals surface area contributed by atoms with Crippen molar-refractivity contribution in [3.8, 4) is 5.88 Å². The van der Waals surface area contributed by atoms with Crippen molar-refractivity contribution in [1.29, 1.82) is 0 Å². The molecule has 0 radical (unpaired) electrons. The normalized spacial score (nSPS) is 10.3. The molecule has 0 aliphatic carbocycles. The fourth-order valence-corrected chi connectivity index (χ4v) is 1.02. The zero-order valence-electron chi connectivity index (χ0n) is 8.35. The molecule has 0 aliphatic rings. The minimum Gasteiger partial charge on any atom is -0.475 e. The first-order valence-corrected chi connectivity index (χ1v) is 4.28. The van der Waals surface area contributed by atoms with Gasteiger partial charge in [0.25, 0.3) is 5.69 Å². The summed E-state index contributed by atoms with van der Waals surface area (Å²) in [6.45, 7) is 5.41. The molecule has 0 atom stereocenters. The summed E-state index contributed by atoms with van der Waals surface area (Å²) in [5, 5.41) is 10.5. The number of aromatic nitrogens is 1. The first kappa shape index (κ1) is 10.4. The zero-order chi connectivity index (χ0) is 10.7. The molecule has 0 unspecified atom stereocenters. The highest BCUT2D eigenvalue weighted by Gasteiger charge is 2.12. The molecule has 1 aromatic rings. The molecule has 0 saturated heterocycles. The van der Waals surface area contributed by atoms with Crippen molar-refractivity contribution in [3.05, 3.63) is 27.9 Å². The Bertz CT molecular complexity index is 350. The first-order valence-electron chi connectivity index (χ1n) is 4.28. The molecule has 1 aromatic heterocycles. The second-order valence-corrected chi connectivity index (χ2v) is 3.23. The number of hydrogen-bond donors (Lipinski definition) is 0. The summed E-state index contributed by atoms with van der Waals surface area (Å²) in [6, 6.07) is 1.57. The molecule has 0 aromatic carbocycles. The van der Waals surface area contributed by atoms with Crippen LogP contribution in [0.25, 0.3) is 0 Å². The van der Waals surface area contributed by atoms with E-state index < -0.39 is 4.92 Å². The molecule has 0 aliphatic heterocycles. The van der Waals surface area contributed by atoms with Gasteiger partial charge in [-0.25, -0.2) is 4.98 Å². The number of aryl methyl sites for hydroxylation is 1. The number of nitro groups is 1. The Morgan fingerprint density at radius 2 is 2.21 bits per heavy atom. The second kappa shape index (κ2) is 4.04. The Morgan fingerprint density at radius 3 is 2.64 bits per heavy atom. The molecule has 1 heterocycles. The lowest BCUT2D eigenvalue weighted by molar-refractivity contribution is -0.385.